The standard InChI is InChI=1S/C12H24O3/c1-10(2)14-12(15-11(3)4)8-6-5-7-9-13/h5-6,10-13H,7-9H2,1-4H3/b6-5-. The molecule has 0 fully saturated rings. The molecule has 0 aromatic carbocycles. The van der Waals surface area contributed by atoms with Gasteiger partial charge in [0, 0.05) is 13.0 Å². The molecule has 0 aliphatic rings. The van der Waals surface area contributed by atoms with Gasteiger partial charge in [-0.3, -0.25) is 0 Å². The second kappa shape index (κ2) is 8.89. The summed E-state index contributed by atoms with van der Waals surface area (Å²) in [4.78, 5) is 0. The van der Waals surface area contributed by atoms with Crippen LogP contribution in [0.15, 0.2) is 12.2 Å². The Morgan fingerprint density at radius 1 is 1.00 bits per heavy atom. The number of rotatable bonds is 8. The monoisotopic (exact) mass is 216 g/mol. The van der Waals surface area contributed by atoms with Crippen molar-refractivity contribution in [3.05, 3.63) is 12.2 Å². The molecule has 0 saturated heterocycles. The Morgan fingerprint density at radius 2 is 1.53 bits per heavy atom. The first-order chi connectivity index (χ1) is 7.06. The van der Waals surface area contributed by atoms with Crippen LogP contribution in [0.3, 0.4) is 0 Å². The number of hydrogen-bond acceptors (Lipinski definition) is 3. The van der Waals surface area contributed by atoms with E-state index in [4.69, 9.17) is 14.6 Å². The summed E-state index contributed by atoms with van der Waals surface area (Å²) >= 11 is 0. The molecular formula is C12H24O3. The van der Waals surface area contributed by atoms with Crippen molar-refractivity contribution in [2.45, 2.75) is 59.0 Å². The summed E-state index contributed by atoms with van der Waals surface area (Å²) in [5.41, 5.74) is 0. The van der Waals surface area contributed by atoms with E-state index < -0.39 is 0 Å². The molecule has 90 valence electrons. The third-order valence-electron chi connectivity index (χ3n) is 1.64. The SMILES string of the molecule is CC(C)OC(C/C=C\CCO)OC(C)C. The Balaban J connectivity index is 3.89. The van der Waals surface area contributed by atoms with E-state index in [1.54, 1.807) is 0 Å². The van der Waals surface area contributed by atoms with Crippen LogP contribution in [0.1, 0.15) is 40.5 Å². The van der Waals surface area contributed by atoms with Crippen molar-refractivity contribution in [2.24, 2.45) is 0 Å². The van der Waals surface area contributed by atoms with Crippen LogP contribution in [0.25, 0.3) is 0 Å². The fraction of sp³-hybridized carbons (Fsp3) is 0.833. The Labute approximate surface area is 93.1 Å². The first-order valence-corrected chi connectivity index (χ1v) is 5.63. The lowest BCUT2D eigenvalue weighted by Gasteiger charge is -2.21. The van der Waals surface area contributed by atoms with Gasteiger partial charge in [0.25, 0.3) is 0 Å². The van der Waals surface area contributed by atoms with Gasteiger partial charge in [-0.15, -0.1) is 0 Å². The lowest BCUT2D eigenvalue weighted by atomic mass is 10.3. The molecule has 0 spiro atoms. The highest BCUT2D eigenvalue weighted by Crippen LogP contribution is 2.08. The fourth-order valence-corrected chi connectivity index (χ4v) is 1.15. The van der Waals surface area contributed by atoms with Crippen LogP contribution in [-0.2, 0) is 9.47 Å². The molecule has 1 N–H and O–H groups in total. The molecule has 0 aromatic rings. The lowest BCUT2D eigenvalue weighted by molar-refractivity contribution is -0.178. The molecule has 0 aromatic heterocycles. The summed E-state index contributed by atoms with van der Waals surface area (Å²) in [6.45, 7) is 8.17. The summed E-state index contributed by atoms with van der Waals surface area (Å²) in [7, 11) is 0. The Kier molecular flexibility index (Phi) is 8.67. The largest absolute Gasteiger partial charge is 0.396 e. The minimum absolute atomic E-state index is 0.167. The minimum Gasteiger partial charge on any atom is -0.396 e. The summed E-state index contributed by atoms with van der Waals surface area (Å²) in [6.07, 6.45) is 5.51. The number of aliphatic hydroxyl groups excluding tert-OH is 1. The number of hydrogen-bond donors (Lipinski definition) is 1. The van der Waals surface area contributed by atoms with Gasteiger partial charge < -0.3 is 14.6 Å². The average Bonchev–Trinajstić information content (AvgIpc) is 2.10. The van der Waals surface area contributed by atoms with Gasteiger partial charge in [-0.05, 0) is 34.1 Å². The predicted molar refractivity (Wildman–Crippen MR) is 61.7 cm³/mol. The molecule has 0 saturated carbocycles. The first kappa shape index (κ1) is 14.6. The van der Waals surface area contributed by atoms with Crippen LogP contribution in [0.4, 0.5) is 0 Å². The van der Waals surface area contributed by atoms with E-state index in [-0.39, 0.29) is 25.1 Å². The van der Waals surface area contributed by atoms with Crippen LogP contribution in [-0.4, -0.2) is 30.2 Å². The Morgan fingerprint density at radius 3 is 1.93 bits per heavy atom. The fourth-order valence-electron chi connectivity index (χ4n) is 1.15. The van der Waals surface area contributed by atoms with Crippen LogP contribution in [0, 0.1) is 0 Å². The van der Waals surface area contributed by atoms with Crippen LogP contribution in [0.5, 0.6) is 0 Å². The van der Waals surface area contributed by atoms with Crippen LogP contribution >= 0.6 is 0 Å². The highest BCUT2D eigenvalue weighted by molar-refractivity contribution is 4.82. The Hall–Kier alpha value is -0.380. The van der Waals surface area contributed by atoms with E-state index in [0.717, 1.165) is 6.42 Å². The zero-order valence-corrected chi connectivity index (χ0v) is 10.3. The third-order valence-corrected chi connectivity index (χ3v) is 1.64. The van der Waals surface area contributed by atoms with Gasteiger partial charge in [-0.2, -0.15) is 0 Å². The first-order valence-electron chi connectivity index (χ1n) is 5.63. The molecule has 0 amide bonds. The van der Waals surface area contributed by atoms with Crippen molar-refractivity contribution < 1.29 is 14.6 Å². The lowest BCUT2D eigenvalue weighted by Crippen LogP contribution is -2.23. The molecule has 0 atom stereocenters. The Bertz CT molecular complexity index is 154. The average molecular weight is 216 g/mol. The molecule has 0 radical (unpaired) electrons. The molecule has 3 heteroatoms. The van der Waals surface area contributed by atoms with E-state index in [1.807, 2.05) is 39.8 Å². The number of ether oxygens (including phenoxy) is 2. The van der Waals surface area contributed by atoms with Gasteiger partial charge in [0.2, 0.25) is 0 Å². The van der Waals surface area contributed by atoms with E-state index in [2.05, 4.69) is 0 Å². The summed E-state index contributed by atoms with van der Waals surface area (Å²) in [6, 6.07) is 0. The third kappa shape index (κ3) is 9.91. The second-order valence-corrected chi connectivity index (χ2v) is 4.02. The minimum atomic E-state index is -0.181. The van der Waals surface area contributed by atoms with Crippen LogP contribution in [0.2, 0.25) is 0 Å². The van der Waals surface area contributed by atoms with E-state index >= 15 is 0 Å². The second-order valence-electron chi connectivity index (χ2n) is 4.02. The molecule has 0 aliphatic heterocycles. The molecule has 3 nitrogen and oxygen atoms in total. The highest BCUT2D eigenvalue weighted by Gasteiger charge is 2.11. The molecule has 0 aliphatic carbocycles. The van der Waals surface area contributed by atoms with Crippen molar-refractivity contribution in [1.29, 1.82) is 0 Å². The highest BCUT2D eigenvalue weighted by atomic mass is 16.7. The van der Waals surface area contributed by atoms with Crippen LogP contribution < -0.4 is 0 Å². The maximum atomic E-state index is 8.61. The smallest absolute Gasteiger partial charge is 0.161 e. The molecule has 0 bridgehead atoms. The van der Waals surface area contributed by atoms with Crippen molar-refractivity contribution >= 4 is 0 Å². The van der Waals surface area contributed by atoms with Crippen molar-refractivity contribution in [3.8, 4) is 0 Å². The molecular weight excluding hydrogens is 192 g/mol. The predicted octanol–water partition coefficient (Wildman–Crippen LogP) is 2.49. The van der Waals surface area contributed by atoms with Gasteiger partial charge in [-0.1, -0.05) is 12.2 Å². The maximum absolute atomic E-state index is 8.61. The van der Waals surface area contributed by atoms with Gasteiger partial charge in [0.05, 0.1) is 12.2 Å². The zero-order valence-electron chi connectivity index (χ0n) is 10.3. The van der Waals surface area contributed by atoms with Gasteiger partial charge in [0.15, 0.2) is 6.29 Å². The maximum Gasteiger partial charge on any atom is 0.161 e. The van der Waals surface area contributed by atoms with Crippen molar-refractivity contribution in [2.75, 3.05) is 6.61 Å². The molecule has 0 heterocycles. The van der Waals surface area contributed by atoms with E-state index in [0.29, 0.717) is 6.42 Å². The topological polar surface area (TPSA) is 38.7 Å². The van der Waals surface area contributed by atoms with Gasteiger partial charge in [-0.25, -0.2) is 0 Å². The number of aliphatic hydroxyl groups is 1. The normalized spacial score (nSPS) is 12.5. The zero-order chi connectivity index (χ0) is 11.7. The van der Waals surface area contributed by atoms with Gasteiger partial charge in [0.1, 0.15) is 0 Å². The summed E-state index contributed by atoms with van der Waals surface area (Å²) in [5, 5.41) is 8.61. The molecule has 15 heavy (non-hydrogen) atoms. The quantitative estimate of drug-likeness (QED) is 0.500. The van der Waals surface area contributed by atoms with E-state index in [9.17, 15) is 0 Å². The molecule has 0 unspecified atom stereocenters. The summed E-state index contributed by atoms with van der Waals surface area (Å²) < 4.78 is 11.2. The van der Waals surface area contributed by atoms with E-state index in [1.165, 1.54) is 0 Å². The summed E-state index contributed by atoms with van der Waals surface area (Å²) in [5.74, 6) is 0. The van der Waals surface area contributed by atoms with Crippen molar-refractivity contribution in [1.82, 2.24) is 0 Å². The molecule has 0 rings (SSSR count). The van der Waals surface area contributed by atoms with Crippen molar-refractivity contribution in [3.63, 3.8) is 0 Å². The van der Waals surface area contributed by atoms with Gasteiger partial charge >= 0.3 is 0 Å².